The predicted octanol–water partition coefficient (Wildman–Crippen LogP) is -0.214. The summed E-state index contributed by atoms with van der Waals surface area (Å²) in [6.07, 6.45) is -2.30. The van der Waals surface area contributed by atoms with E-state index in [-0.39, 0.29) is 6.42 Å². The molecular weight excluding hydrogens is 280 g/mol. The fourth-order valence-corrected chi connectivity index (χ4v) is 2.34. The molecule has 21 heavy (non-hydrogen) atoms. The van der Waals surface area contributed by atoms with E-state index in [1.165, 1.54) is 20.3 Å². The second-order valence-electron chi connectivity index (χ2n) is 5.31. The van der Waals surface area contributed by atoms with Crippen molar-refractivity contribution in [2.45, 2.75) is 56.3 Å². The third-order valence-corrected chi connectivity index (χ3v) is 4.00. The number of aliphatic hydroxyl groups excluding tert-OH is 3. The summed E-state index contributed by atoms with van der Waals surface area (Å²) in [7, 11) is 2.85. The monoisotopic (exact) mass is 306 g/mol. The highest BCUT2D eigenvalue weighted by Crippen LogP contribution is 2.41. The zero-order valence-corrected chi connectivity index (χ0v) is 13.0. The summed E-state index contributed by atoms with van der Waals surface area (Å²) in [6.45, 7) is 6.25. The van der Waals surface area contributed by atoms with E-state index in [1.54, 1.807) is 13.8 Å². The molecule has 0 amide bonds. The van der Waals surface area contributed by atoms with Crippen molar-refractivity contribution in [3.8, 4) is 0 Å². The van der Waals surface area contributed by atoms with E-state index in [4.69, 9.17) is 18.9 Å². The van der Waals surface area contributed by atoms with Crippen LogP contribution in [0.3, 0.4) is 0 Å². The second kappa shape index (κ2) is 7.15. The Balaban J connectivity index is 3.13. The van der Waals surface area contributed by atoms with E-state index in [0.717, 1.165) is 0 Å². The van der Waals surface area contributed by atoms with Gasteiger partial charge in [0.05, 0.1) is 12.7 Å². The van der Waals surface area contributed by atoms with E-state index >= 15 is 0 Å². The van der Waals surface area contributed by atoms with Gasteiger partial charge in [0.15, 0.2) is 0 Å². The van der Waals surface area contributed by atoms with Crippen LogP contribution in [0.5, 0.6) is 0 Å². The molecule has 6 atom stereocenters. The maximum atomic E-state index is 10.2. The predicted molar refractivity (Wildman–Crippen MR) is 74.5 cm³/mol. The van der Waals surface area contributed by atoms with E-state index in [9.17, 15) is 15.3 Å². The van der Waals surface area contributed by atoms with Gasteiger partial charge in [-0.05, 0) is 20.3 Å². The number of hydrogen-bond donors (Lipinski definition) is 3. The average molecular weight is 306 g/mol. The Morgan fingerprint density at radius 1 is 1.10 bits per heavy atom. The third kappa shape index (κ3) is 3.45. The molecule has 1 saturated heterocycles. The Hall–Kier alpha value is -0.540. The lowest BCUT2D eigenvalue weighted by Crippen LogP contribution is -2.69. The highest BCUT2D eigenvalue weighted by Gasteiger charge is 2.58. The molecular formula is C14H26O7. The third-order valence-electron chi connectivity index (χ3n) is 4.00. The minimum Gasteiger partial charge on any atom is -0.394 e. The molecule has 0 unspecified atom stereocenters. The van der Waals surface area contributed by atoms with E-state index < -0.39 is 42.6 Å². The van der Waals surface area contributed by atoms with Crippen LogP contribution in [0.25, 0.3) is 0 Å². The fraction of sp³-hybridized carbons (Fsp3) is 0.857. The first kappa shape index (κ1) is 18.5. The van der Waals surface area contributed by atoms with Crippen molar-refractivity contribution in [2.75, 3.05) is 20.8 Å². The van der Waals surface area contributed by atoms with Crippen molar-refractivity contribution in [3.63, 3.8) is 0 Å². The zero-order chi connectivity index (χ0) is 16.3. The maximum Gasteiger partial charge on any atom is 0.220 e. The number of ether oxygens (including phenoxy) is 4. The molecule has 7 nitrogen and oxygen atoms in total. The van der Waals surface area contributed by atoms with Gasteiger partial charge in [-0.2, -0.15) is 0 Å². The Morgan fingerprint density at radius 3 is 1.86 bits per heavy atom. The van der Waals surface area contributed by atoms with Crippen LogP contribution in [0.4, 0.5) is 0 Å². The van der Waals surface area contributed by atoms with E-state index in [0.29, 0.717) is 0 Å². The highest BCUT2D eigenvalue weighted by atomic mass is 16.8. The molecule has 0 bridgehead atoms. The number of rotatable bonds is 7. The van der Waals surface area contributed by atoms with Gasteiger partial charge in [-0.3, -0.25) is 0 Å². The van der Waals surface area contributed by atoms with Crippen LogP contribution in [0.2, 0.25) is 0 Å². The molecule has 1 heterocycles. The number of methoxy groups -OCH3 is 2. The van der Waals surface area contributed by atoms with Crippen LogP contribution in [0.1, 0.15) is 20.3 Å². The van der Waals surface area contributed by atoms with Gasteiger partial charge in [0.2, 0.25) is 11.6 Å². The normalized spacial score (nSPS) is 39.8. The van der Waals surface area contributed by atoms with Gasteiger partial charge < -0.3 is 34.3 Å². The molecule has 1 fully saturated rings. The van der Waals surface area contributed by atoms with Gasteiger partial charge in [-0.25, -0.2) is 0 Å². The van der Waals surface area contributed by atoms with Gasteiger partial charge >= 0.3 is 0 Å². The summed E-state index contributed by atoms with van der Waals surface area (Å²) < 4.78 is 22.3. The maximum absolute atomic E-state index is 10.2. The molecule has 7 heteroatoms. The molecule has 3 N–H and O–H groups in total. The average Bonchev–Trinajstić information content (AvgIpc) is 2.48. The SMILES string of the molecule is C=CC[C@@H](O)[C@@H]1O[C@@](C)(OC)[C@](C)(OC)O[C@H]1[C@@H](O)CO. The van der Waals surface area contributed by atoms with Crippen molar-refractivity contribution < 1.29 is 34.3 Å². The first-order valence-corrected chi connectivity index (χ1v) is 6.82. The standard InChI is InChI=1S/C14H26O7/c1-6-7-9(16)11-12(10(17)8-15)21-14(3,19-5)13(2,18-4)20-11/h6,9-12,15-17H,1,7-8H2,2-5H3/t9-,10+,11+,12+,13-,14-/m1/s1. The molecule has 1 rings (SSSR count). The summed E-state index contributed by atoms with van der Waals surface area (Å²) in [4.78, 5) is 0. The molecule has 0 radical (unpaired) electrons. The number of aliphatic hydroxyl groups is 3. The lowest BCUT2D eigenvalue weighted by atomic mass is 9.95. The summed E-state index contributed by atoms with van der Waals surface area (Å²) >= 11 is 0. The van der Waals surface area contributed by atoms with Crippen LogP contribution in [-0.4, -0.2) is 72.1 Å². The van der Waals surface area contributed by atoms with Gasteiger partial charge in [0.25, 0.3) is 0 Å². The highest BCUT2D eigenvalue weighted by molar-refractivity contribution is 4.97. The van der Waals surface area contributed by atoms with Crippen LogP contribution in [0.15, 0.2) is 12.7 Å². The molecule has 0 spiro atoms. The summed E-state index contributed by atoms with van der Waals surface area (Å²) in [5.74, 6) is -2.60. The van der Waals surface area contributed by atoms with Crippen molar-refractivity contribution in [1.29, 1.82) is 0 Å². The molecule has 0 aromatic rings. The van der Waals surface area contributed by atoms with Crippen molar-refractivity contribution in [3.05, 3.63) is 12.7 Å². The Bertz CT molecular complexity index is 350. The van der Waals surface area contributed by atoms with E-state index in [2.05, 4.69) is 6.58 Å². The zero-order valence-electron chi connectivity index (χ0n) is 13.0. The smallest absolute Gasteiger partial charge is 0.220 e. The van der Waals surface area contributed by atoms with Gasteiger partial charge in [-0.15, -0.1) is 6.58 Å². The van der Waals surface area contributed by atoms with Crippen LogP contribution in [0, 0.1) is 0 Å². The first-order chi connectivity index (χ1) is 9.78. The topological polar surface area (TPSA) is 97.6 Å². The number of hydrogen-bond acceptors (Lipinski definition) is 7. The quantitative estimate of drug-likeness (QED) is 0.560. The Labute approximate surface area is 125 Å². The van der Waals surface area contributed by atoms with Crippen molar-refractivity contribution in [2.24, 2.45) is 0 Å². The van der Waals surface area contributed by atoms with Gasteiger partial charge in [0.1, 0.15) is 18.3 Å². The van der Waals surface area contributed by atoms with Crippen LogP contribution < -0.4 is 0 Å². The fourth-order valence-electron chi connectivity index (χ4n) is 2.34. The molecule has 1 aliphatic heterocycles. The summed E-state index contributed by atoms with van der Waals surface area (Å²) in [5.41, 5.74) is 0. The Kier molecular flexibility index (Phi) is 6.30. The Morgan fingerprint density at radius 2 is 1.52 bits per heavy atom. The minimum absolute atomic E-state index is 0.242. The molecule has 0 aromatic heterocycles. The minimum atomic E-state index is -1.31. The van der Waals surface area contributed by atoms with Crippen molar-refractivity contribution >= 4 is 0 Å². The van der Waals surface area contributed by atoms with Gasteiger partial charge in [0, 0.05) is 14.2 Å². The molecule has 1 aliphatic rings. The largest absolute Gasteiger partial charge is 0.394 e. The van der Waals surface area contributed by atoms with E-state index in [1.807, 2.05) is 0 Å². The van der Waals surface area contributed by atoms with Crippen molar-refractivity contribution in [1.82, 2.24) is 0 Å². The molecule has 0 saturated carbocycles. The summed E-state index contributed by atoms with van der Waals surface area (Å²) in [5, 5.41) is 29.3. The van der Waals surface area contributed by atoms with Gasteiger partial charge in [-0.1, -0.05) is 6.08 Å². The second-order valence-corrected chi connectivity index (χ2v) is 5.31. The summed E-state index contributed by atoms with van der Waals surface area (Å²) in [6, 6.07) is 0. The molecule has 124 valence electrons. The molecule has 0 aliphatic carbocycles. The van der Waals surface area contributed by atoms with Crippen LogP contribution in [-0.2, 0) is 18.9 Å². The lowest BCUT2D eigenvalue weighted by Gasteiger charge is -2.53. The lowest BCUT2D eigenvalue weighted by molar-refractivity contribution is -0.460. The molecule has 0 aromatic carbocycles. The first-order valence-electron chi connectivity index (χ1n) is 6.82. The van der Waals surface area contributed by atoms with Crippen LogP contribution >= 0.6 is 0 Å².